The summed E-state index contributed by atoms with van der Waals surface area (Å²) in [7, 11) is 0. The molecule has 19 heavy (non-hydrogen) atoms. The van der Waals surface area contributed by atoms with Crippen LogP contribution in [0.2, 0.25) is 0 Å². The minimum atomic E-state index is -0.292. The molecule has 0 aliphatic rings. The summed E-state index contributed by atoms with van der Waals surface area (Å²) in [6.07, 6.45) is 3.51. The number of nitrogens with two attached hydrogens (primary N) is 1. The van der Waals surface area contributed by atoms with Crippen LogP contribution in [0.25, 0.3) is 11.0 Å². The first-order valence-electron chi connectivity index (χ1n) is 6.01. The highest BCUT2D eigenvalue weighted by Crippen LogP contribution is 2.32. The van der Waals surface area contributed by atoms with Gasteiger partial charge in [0.15, 0.2) is 0 Å². The zero-order valence-corrected chi connectivity index (χ0v) is 12.0. The first-order valence-corrected chi connectivity index (χ1v) is 6.80. The van der Waals surface area contributed by atoms with Gasteiger partial charge in [0.1, 0.15) is 11.3 Å². The fourth-order valence-electron chi connectivity index (χ4n) is 2.23. The number of benzene rings is 1. The van der Waals surface area contributed by atoms with Gasteiger partial charge in [-0.25, -0.2) is 0 Å². The lowest BCUT2D eigenvalue weighted by Gasteiger charge is -2.09. The molecule has 0 amide bonds. The minimum absolute atomic E-state index is 0.292. The van der Waals surface area contributed by atoms with Crippen LogP contribution in [-0.2, 0) is 0 Å². The van der Waals surface area contributed by atoms with Gasteiger partial charge >= 0.3 is 0 Å². The third-order valence-corrected chi connectivity index (χ3v) is 3.76. The molecule has 2 N–H and O–H groups in total. The Morgan fingerprint density at radius 1 is 1.32 bits per heavy atom. The summed E-state index contributed by atoms with van der Waals surface area (Å²) in [5, 5.41) is 1.09. The van der Waals surface area contributed by atoms with E-state index in [1.54, 1.807) is 12.4 Å². The van der Waals surface area contributed by atoms with Gasteiger partial charge in [0.2, 0.25) is 0 Å². The van der Waals surface area contributed by atoms with Crippen LogP contribution in [0.15, 0.2) is 51.6 Å². The first-order chi connectivity index (χ1) is 9.16. The molecule has 0 radical (unpaired) electrons. The second-order valence-corrected chi connectivity index (χ2v) is 5.41. The van der Waals surface area contributed by atoms with Crippen molar-refractivity contribution in [2.75, 3.05) is 0 Å². The van der Waals surface area contributed by atoms with E-state index in [1.165, 1.54) is 0 Å². The Morgan fingerprint density at radius 3 is 2.89 bits per heavy atom. The predicted octanol–water partition coefficient (Wildman–Crippen LogP) is 3.95. The van der Waals surface area contributed by atoms with Crippen LogP contribution in [0.5, 0.6) is 0 Å². The normalized spacial score (nSPS) is 12.8. The Bertz CT molecular complexity index is 722. The number of hydrogen-bond donors (Lipinski definition) is 1. The summed E-state index contributed by atoms with van der Waals surface area (Å²) in [5.74, 6) is 0.793. The molecule has 0 saturated heterocycles. The van der Waals surface area contributed by atoms with Gasteiger partial charge < -0.3 is 10.2 Å². The van der Waals surface area contributed by atoms with Crippen molar-refractivity contribution in [3.05, 3.63) is 64.1 Å². The Kier molecular flexibility index (Phi) is 3.12. The fourth-order valence-corrected chi connectivity index (χ4v) is 2.57. The van der Waals surface area contributed by atoms with Crippen LogP contribution in [0.1, 0.15) is 22.9 Å². The van der Waals surface area contributed by atoms with E-state index < -0.39 is 0 Å². The lowest BCUT2D eigenvalue weighted by atomic mass is 10.0. The summed E-state index contributed by atoms with van der Waals surface area (Å²) in [5.41, 5.74) is 9.15. The van der Waals surface area contributed by atoms with Gasteiger partial charge in [-0.1, -0.05) is 22.0 Å². The van der Waals surface area contributed by atoms with E-state index in [-0.39, 0.29) is 6.04 Å². The van der Waals surface area contributed by atoms with E-state index in [0.717, 1.165) is 32.3 Å². The smallest absolute Gasteiger partial charge is 0.135 e. The topological polar surface area (TPSA) is 52.0 Å². The van der Waals surface area contributed by atoms with Crippen LogP contribution < -0.4 is 5.73 Å². The lowest BCUT2D eigenvalue weighted by Crippen LogP contribution is -2.12. The highest BCUT2D eigenvalue weighted by atomic mass is 79.9. The number of aryl methyl sites for hydroxylation is 1. The predicted molar refractivity (Wildman–Crippen MR) is 78.9 cm³/mol. The van der Waals surface area contributed by atoms with Gasteiger partial charge in [-0.05, 0) is 36.8 Å². The van der Waals surface area contributed by atoms with Crippen molar-refractivity contribution >= 4 is 26.9 Å². The molecule has 1 atom stereocenters. The third-order valence-electron chi connectivity index (χ3n) is 3.26. The Morgan fingerprint density at radius 2 is 2.16 bits per heavy atom. The molecule has 1 aromatic carbocycles. The van der Waals surface area contributed by atoms with Gasteiger partial charge in [0.05, 0.1) is 6.04 Å². The Balaban J connectivity index is 2.13. The number of pyridine rings is 1. The maximum Gasteiger partial charge on any atom is 0.135 e. The average molecular weight is 317 g/mol. The molecule has 0 aliphatic heterocycles. The van der Waals surface area contributed by atoms with Crippen molar-refractivity contribution < 1.29 is 4.42 Å². The monoisotopic (exact) mass is 316 g/mol. The number of fused-ring (bicyclic) bond motifs is 1. The van der Waals surface area contributed by atoms with Crippen LogP contribution in [0.3, 0.4) is 0 Å². The number of nitrogens with zero attached hydrogens (tertiary/aromatic N) is 1. The summed E-state index contributed by atoms with van der Waals surface area (Å²) >= 11 is 3.45. The first kappa shape index (κ1) is 12.4. The summed E-state index contributed by atoms with van der Waals surface area (Å²) in [4.78, 5) is 4.10. The van der Waals surface area contributed by atoms with Gasteiger partial charge in [0, 0.05) is 27.8 Å². The average Bonchev–Trinajstić information content (AvgIpc) is 2.75. The molecule has 1 unspecified atom stereocenters. The summed E-state index contributed by atoms with van der Waals surface area (Å²) < 4.78 is 6.91. The standard InChI is InChI=1S/C15H13BrN2O/c1-9-12-5-4-11(16)7-13(12)19-15(9)14(17)10-3-2-6-18-8-10/h2-8,14H,17H2,1H3. The van der Waals surface area contributed by atoms with Crippen LogP contribution in [-0.4, -0.2) is 4.98 Å². The molecule has 2 aromatic heterocycles. The molecule has 3 aromatic rings. The van der Waals surface area contributed by atoms with Gasteiger partial charge in [0.25, 0.3) is 0 Å². The molecule has 0 bridgehead atoms. The van der Waals surface area contributed by atoms with Crippen LogP contribution >= 0.6 is 15.9 Å². The molecule has 2 heterocycles. The Hall–Kier alpha value is -1.65. The molecular weight excluding hydrogens is 304 g/mol. The Labute approximate surface area is 119 Å². The maximum absolute atomic E-state index is 6.27. The fraction of sp³-hybridized carbons (Fsp3) is 0.133. The van der Waals surface area contributed by atoms with Crippen molar-refractivity contribution in [2.45, 2.75) is 13.0 Å². The molecule has 0 aliphatic carbocycles. The van der Waals surface area contributed by atoms with E-state index in [2.05, 4.69) is 20.9 Å². The van der Waals surface area contributed by atoms with E-state index >= 15 is 0 Å². The van der Waals surface area contributed by atoms with Gasteiger partial charge in [-0.15, -0.1) is 0 Å². The van der Waals surface area contributed by atoms with Crippen molar-refractivity contribution in [1.82, 2.24) is 4.98 Å². The van der Waals surface area contributed by atoms with Crippen molar-refractivity contribution in [3.8, 4) is 0 Å². The number of aromatic nitrogens is 1. The number of furan rings is 1. The van der Waals surface area contributed by atoms with E-state index in [4.69, 9.17) is 10.2 Å². The maximum atomic E-state index is 6.27. The molecule has 4 heteroatoms. The molecule has 0 spiro atoms. The summed E-state index contributed by atoms with van der Waals surface area (Å²) in [6.45, 7) is 2.03. The van der Waals surface area contributed by atoms with Crippen molar-refractivity contribution in [3.63, 3.8) is 0 Å². The van der Waals surface area contributed by atoms with Crippen LogP contribution in [0, 0.1) is 6.92 Å². The summed E-state index contributed by atoms with van der Waals surface area (Å²) in [6, 6.07) is 9.55. The molecule has 3 rings (SSSR count). The highest BCUT2D eigenvalue weighted by molar-refractivity contribution is 9.10. The number of rotatable bonds is 2. The molecule has 96 valence electrons. The quantitative estimate of drug-likeness (QED) is 0.779. The molecule has 0 fully saturated rings. The number of halogens is 1. The second-order valence-electron chi connectivity index (χ2n) is 4.50. The zero-order chi connectivity index (χ0) is 13.4. The zero-order valence-electron chi connectivity index (χ0n) is 10.4. The highest BCUT2D eigenvalue weighted by Gasteiger charge is 2.18. The van der Waals surface area contributed by atoms with Crippen molar-refractivity contribution in [2.24, 2.45) is 5.73 Å². The van der Waals surface area contributed by atoms with Crippen molar-refractivity contribution in [1.29, 1.82) is 0 Å². The van der Waals surface area contributed by atoms with E-state index in [9.17, 15) is 0 Å². The van der Waals surface area contributed by atoms with E-state index in [0.29, 0.717) is 0 Å². The largest absolute Gasteiger partial charge is 0.459 e. The molecular formula is C15H13BrN2O. The lowest BCUT2D eigenvalue weighted by molar-refractivity contribution is 0.520. The van der Waals surface area contributed by atoms with Crippen LogP contribution in [0.4, 0.5) is 0 Å². The van der Waals surface area contributed by atoms with E-state index in [1.807, 2.05) is 37.3 Å². The molecule has 3 nitrogen and oxygen atoms in total. The van der Waals surface area contributed by atoms with Gasteiger partial charge in [-0.3, -0.25) is 4.98 Å². The SMILES string of the molecule is Cc1c(C(N)c2cccnc2)oc2cc(Br)ccc12. The molecule has 0 saturated carbocycles. The minimum Gasteiger partial charge on any atom is -0.459 e. The second kappa shape index (κ2) is 4.79. The van der Waals surface area contributed by atoms with Gasteiger partial charge in [-0.2, -0.15) is 0 Å². The third kappa shape index (κ3) is 2.17. The number of hydrogen-bond acceptors (Lipinski definition) is 3.